The van der Waals surface area contributed by atoms with Crippen LogP contribution in [0.3, 0.4) is 0 Å². The lowest BCUT2D eigenvalue weighted by atomic mass is 9.93. The Kier molecular flexibility index (Phi) is 6.49. The van der Waals surface area contributed by atoms with Gasteiger partial charge in [0.15, 0.2) is 0 Å². The fourth-order valence-corrected chi connectivity index (χ4v) is 4.26. The molecular weight excluding hydrogens is 310 g/mol. The summed E-state index contributed by atoms with van der Waals surface area (Å²) in [5.74, 6) is 0.530. The minimum absolute atomic E-state index is 0.189. The van der Waals surface area contributed by atoms with Crippen LogP contribution in [0.5, 0.6) is 0 Å². The van der Waals surface area contributed by atoms with E-state index in [-0.39, 0.29) is 5.92 Å². The van der Waals surface area contributed by atoms with Crippen molar-refractivity contribution in [2.24, 2.45) is 5.92 Å². The van der Waals surface area contributed by atoms with Crippen LogP contribution in [-0.2, 0) is 11.2 Å². The van der Waals surface area contributed by atoms with Crippen LogP contribution in [0.1, 0.15) is 31.2 Å². The van der Waals surface area contributed by atoms with Gasteiger partial charge in [-0.05, 0) is 64.3 Å². The molecule has 0 N–H and O–H groups in total. The molecule has 0 bridgehead atoms. The van der Waals surface area contributed by atoms with Crippen molar-refractivity contribution in [1.82, 2.24) is 14.7 Å². The summed E-state index contributed by atoms with van der Waals surface area (Å²) in [6, 6.07) is 11.1. The second-order valence-corrected chi connectivity index (χ2v) is 7.86. The maximum atomic E-state index is 12.9. The number of nitrogens with zero attached hydrogens (tertiary/aromatic N) is 3. The van der Waals surface area contributed by atoms with E-state index in [2.05, 4.69) is 41.1 Å². The average Bonchev–Trinajstić information content (AvgIpc) is 2.67. The fraction of sp³-hybridized carbons (Fsp3) is 0.667. The van der Waals surface area contributed by atoms with Gasteiger partial charge >= 0.3 is 0 Å². The Morgan fingerprint density at radius 2 is 1.84 bits per heavy atom. The number of hydrogen-bond donors (Lipinski definition) is 0. The number of carbonyl (C=O) groups excluding carboxylic acids is 1. The lowest BCUT2D eigenvalue weighted by Crippen LogP contribution is -2.50. The molecule has 4 heteroatoms. The van der Waals surface area contributed by atoms with E-state index in [1.54, 1.807) is 0 Å². The molecule has 25 heavy (non-hydrogen) atoms. The molecule has 1 amide bonds. The first-order valence-corrected chi connectivity index (χ1v) is 9.85. The Labute approximate surface area is 152 Å². The van der Waals surface area contributed by atoms with Crippen LogP contribution < -0.4 is 0 Å². The fourth-order valence-electron chi connectivity index (χ4n) is 4.26. The van der Waals surface area contributed by atoms with E-state index in [0.29, 0.717) is 11.9 Å². The third kappa shape index (κ3) is 5.05. The third-order valence-corrected chi connectivity index (χ3v) is 5.96. The van der Waals surface area contributed by atoms with E-state index in [1.165, 1.54) is 38.0 Å². The molecule has 3 rings (SSSR count). The number of benzene rings is 1. The van der Waals surface area contributed by atoms with E-state index in [4.69, 9.17) is 0 Å². The quantitative estimate of drug-likeness (QED) is 0.822. The van der Waals surface area contributed by atoms with Gasteiger partial charge in [-0.2, -0.15) is 0 Å². The topological polar surface area (TPSA) is 26.8 Å². The summed E-state index contributed by atoms with van der Waals surface area (Å²) in [6.07, 6.45) is 5.66. The van der Waals surface area contributed by atoms with Gasteiger partial charge in [-0.25, -0.2) is 0 Å². The van der Waals surface area contributed by atoms with Crippen molar-refractivity contribution in [2.75, 3.05) is 46.8 Å². The van der Waals surface area contributed by atoms with E-state index in [9.17, 15) is 4.79 Å². The van der Waals surface area contributed by atoms with Gasteiger partial charge in [0.2, 0.25) is 5.91 Å². The van der Waals surface area contributed by atoms with E-state index in [1.807, 2.05) is 18.0 Å². The molecule has 1 aromatic carbocycles. The smallest absolute Gasteiger partial charge is 0.226 e. The molecule has 0 aromatic heterocycles. The molecule has 2 aliphatic heterocycles. The average molecular weight is 344 g/mol. The van der Waals surface area contributed by atoms with Crippen LogP contribution in [0.15, 0.2) is 30.3 Å². The number of rotatable bonds is 5. The highest BCUT2D eigenvalue weighted by Crippen LogP contribution is 2.24. The van der Waals surface area contributed by atoms with Crippen LogP contribution in [0.4, 0.5) is 0 Å². The van der Waals surface area contributed by atoms with Crippen LogP contribution in [0.25, 0.3) is 0 Å². The van der Waals surface area contributed by atoms with Gasteiger partial charge in [0.25, 0.3) is 0 Å². The molecule has 0 aliphatic carbocycles. The molecule has 2 saturated heterocycles. The molecule has 138 valence electrons. The van der Waals surface area contributed by atoms with Crippen LogP contribution in [0, 0.1) is 5.92 Å². The van der Waals surface area contributed by atoms with Gasteiger partial charge in [0.05, 0.1) is 5.92 Å². The Morgan fingerprint density at radius 1 is 1.12 bits per heavy atom. The summed E-state index contributed by atoms with van der Waals surface area (Å²) >= 11 is 0. The Morgan fingerprint density at radius 3 is 2.56 bits per heavy atom. The molecule has 1 aromatic rings. The lowest BCUT2D eigenvalue weighted by Gasteiger charge is -2.41. The summed E-state index contributed by atoms with van der Waals surface area (Å²) < 4.78 is 0. The number of likely N-dealkylation sites (tertiary alicyclic amines) is 2. The van der Waals surface area contributed by atoms with Crippen molar-refractivity contribution < 1.29 is 4.79 Å². The Balaban J connectivity index is 1.49. The summed E-state index contributed by atoms with van der Waals surface area (Å²) in [4.78, 5) is 19.9. The predicted octanol–water partition coefficient (Wildman–Crippen LogP) is 2.49. The second-order valence-electron chi connectivity index (χ2n) is 7.86. The summed E-state index contributed by atoms with van der Waals surface area (Å²) in [6.45, 7) is 5.33. The van der Waals surface area contributed by atoms with E-state index in [0.717, 1.165) is 32.4 Å². The van der Waals surface area contributed by atoms with Gasteiger partial charge in [0, 0.05) is 26.2 Å². The molecule has 1 atom stereocenters. The monoisotopic (exact) mass is 343 g/mol. The molecule has 2 fully saturated rings. The standard InChI is InChI=1S/C21H33N3O/c1-22-14-11-20(12-15-22)24-13-6-9-19(17-24)21(25)23(2)16-10-18-7-4-3-5-8-18/h3-5,7-8,19-20H,6,9-17H2,1-2H3/t19-/m1/s1. The lowest BCUT2D eigenvalue weighted by molar-refractivity contribution is -0.136. The van der Waals surface area contributed by atoms with Gasteiger partial charge in [-0.15, -0.1) is 0 Å². The highest BCUT2D eigenvalue weighted by Gasteiger charge is 2.32. The zero-order valence-electron chi connectivity index (χ0n) is 15.9. The number of likely N-dealkylation sites (N-methyl/N-ethyl adjacent to an activating group) is 1. The largest absolute Gasteiger partial charge is 0.345 e. The minimum Gasteiger partial charge on any atom is -0.345 e. The molecular formula is C21H33N3O. The summed E-state index contributed by atoms with van der Waals surface area (Å²) in [5, 5.41) is 0. The zero-order chi connectivity index (χ0) is 17.6. The number of piperidine rings is 2. The predicted molar refractivity (Wildman–Crippen MR) is 103 cm³/mol. The van der Waals surface area contributed by atoms with Crippen LogP contribution >= 0.6 is 0 Å². The molecule has 2 heterocycles. The van der Waals surface area contributed by atoms with Crippen molar-refractivity contribution in [1.29, 1.82) is 0 Å². The van der Waals surface area contributed by atoms with E-state index >= 15 is 0 Å². The number of hydrogen-bond acceptors (Lipinski definition) is 3. The molecule has 0 saturated carbocycles. The highest BCUT2D eigenvalue weighted by molar-refractivity contribution is 5.79. The highest BCUT2D eigenvalue weighted by atomic mass is 16.2. The first kappa shape index (κ1) is 18.4. The Bertz CT molecular complexity index is 539. The zero-order valence-corrected chi connectivity index (χ0v) is 15.9. The van der Waals surface area contributed by atoms with Crippen LogP contribution in [0.2, 0.25) is 0 Å². The van der Waals surface area contributed by atoms with Gasteiger partial charge in [0.1, 0.15) is 0 Å². The maximum Gasteiger partial charge on any atom is 0.226 e. The first-order chi connectivity index (χ1) is 12.1. The van der Waals surface area contributed by atoms with Crippen molar-refractivity contribution in [3.63, 3.8) is 0 Å². The van der Waals surface area contributed by atoms with Gasteiger partial charge in [-0.1, -0.05) is 30.3 Å². The molecule has 2 aliphatic rings. The van der Waals surface area contributed by atoms with Gasteiger partial charge in [-0.3, -0.25) is 9.69 Å². The minimum atomic E-state index is 0.189. The molecule has 0 spiro atoms. The van der Waals surface area contributed by atoms with Crippen molar-refractivity contribution in [3.8, 4) is 0 Å². The molecule has 4 nitrogen and oxygen atoms in total. The number of amides is 1. The van der Waals surface area contributed by atoms with Crippen molar-refractivity contribution in [2.45, 2.75) is 38.1 Å². The third-order valence-electron chi connectivity index (χ3n) is 5.96. The van der Waals surface area contributed by atoms with Crippen LogP contribution in [-0.4, -0.2) is 73.5 Å². The van der Waals surface area contributed by atoms with Crippen molar-refractivity contribution in [3.05, 3.63) is 35.9 Å². The summed E-state index contributed by atoms with van der Waals surface area (Å²) in [7, 11) is 4.18. The Hall–Kier alpha value is -1.39. The number of carbonyl (C=O) groups is 1. The summed E-state index contributed by atoms with van der Waals surface area (Å²) in [5.41, 5.74) is 1.30. The normalized spacial score (nSPS) is 23.5. The maximum absolute atomic E-state index is 12.9. The SMILES string of the molecule is CN1CCC(N2CCC[C@@H](C(=O)N(C)CCc3ccccc3)C2)CC1. The van der Waals surface area contributed by atoms with E-state index < -0.39 is 0 Å². The van der Waals surface area contributed by atoms with Crippen molar-refractivity contribution >= 4 is 5.91 Å². The second kappa shape index (κ2) is 8.81. The molecule has 0 radical (unpaired) electrons. The van der Waals surface area contributed by atoms with Gasteiger partial charge < -0.3 is 9.80 Å². The first-order valence-electron chi connectivity index (χ1n) is 9.85. The molecule has 0 unspecified atom stereocenters.